The summed E-state index contributed by atoms with van der Waals surface area (Å²) in [4.78, 5) is 12.6. The molecule has 2 aromatic rings. The number of amides is 1. The molecule has 2 atom stereocenters. The van der Waals surface area contributed by atoms with Gasteiger partial charge in [0.25, 0.3) is 5.91 Å². The van der Waals surface area contributed by atoms with Crippen molar-refractivity contribution in [2.24, 2.45) is 5.92 Å². The van der Waals surface area contributed by atoms with Crippen LogP contribution in [0, 0.1) is 17.2 Å². The SMILES string of the molecule is CCc1ccc([C@@H]([NH2+][C@@H](C)C(=O)Nc2ccccc2C#N)C(C)C)cc1. The predicted molar refractivity (Wildman–Crippen MR) is 105 cm³/mol. The Morgan fingerprint density at radius 3 is 2.35 bits per heavy atom. The molecule has 0 saturated heterocycles. The zero-order chi connectivity index (χ0) is 19.1. The Kier molecular flexibility index (Phi) is 6.94. The fourth-order valence-corrected chi connectivity index (χ4v) is 3.03. The standard InChI is InChI=1S/C22H27N3O/c1-5-17-10-12-18(13-11-17)21(15(2)3)24-16(4)22(26)25-20-9-7-6-8-19(20)14-23/h6-13,15-16,21,24H,5H2,1-4H3,(H,25,26)/p+1/t16-,21-/m0/s1. The third kappa shape index (κ3) is 4.93. The van der Waals surface area contributed by atoms with Crippen LogP contribution in [0.15, 0.2) is 48.5 Å². The molecule has 0 aliphatic heterocycles. The van der Waals surface area contributed by atoms with E-state index in [4.69, 9.17) is 0 Å². The highest BCUT2D eigenvalue weighted by atomic mass is 16.2. The average molecular weight is 350 g/mol. The van der Waals surface area contributed by atoms with Crippen molar-refractivity contribution in [2.75, 3.05) is 5.32 Å². The molecule has 0 bridgehead atoms. The third-order valence-electron chi connectivity index (χ3n) is 4.71. The molecule has 0 unspecified atom stereocenters. The van der Waals surface area contributed by atoms with E-state index in [0.717, 1.165) is 6.42 Å². The molecular weight excluding hydrogens is 322 g/mol. The molecule has 0 aliphatic carbocycles. The fraction of sp³-hybridized carbons (Fsp3) is 0.364. The van der Waals surface area contributed by atoms with E-state index in [1.165, 1.54) is 11.1 Å². The lowest BCUT2D eigenvalue weighted by Crippen LogP contribution is -2.93. The number of hydrogen-bond donors (Lipinski definition) is 2. The largest absolute Gasteiger partial charge is 0.330 e. The van der Waals surface area contributed by atoms with Crippen LogP contribution in [0.3, 0.4) is 0 Å². The lowest BCUT2D eigenvalue weighted by Gasteiger charge is -2.23. The van der Waals surface area contributed by atoms with Crippen LogP contribution in [-0.2, 0) is 11.2 Å². The number of aryl methyl sites for hydroxylation is 1. The Morgan fingerprint density at radius 1 is 1.12 bits per heavy atom. The number of nitriles is 1. The molecule has 2 aromatic carbocycles. The molecule has 26 heavy (non-hydrogen) atoms. The van der Waals surface area contributed by atoms with Crippen LogP contribution in [0.5, 0.6) is 0 Å². The topological polar surface area (TPSA) is 69.5 Å². The van der Waals surface area contributed by atoms with Gasteiger partial charge in [0.1, 0.15) is 12.1 Å². The molecule has 3 N–H and O–H groups in total. The molecule has 136 valence electrons. The number of nitrogens with zero attached hydrogens (tertiary/aromatic N) is 1. The summed E-state index contributed by atoms with van der Waals surface area (Å²) in [5.74, 6) is 0.299. The molecule has 1 amide bonds. The second-order valence-electron chi connectivity index (χ2n) is 6.99. The average Bonchev–Trinajstić information content (AvgIpc) is 2.66. The zero-order valence-electron chi connectivity index (χ0n) is 16.0. The number of carbonyl (C=O) groups is 1. The Morgan fingerprint density at radius 2 is 1.77 bits per heavy atom. The van der Waals surface area contributed by atoms with Gasteiger partial charge >= 0.3 is 0 Å². The minimum absolute atomic E-state index is 0.0940. The molecule has 0 fully saturated rings. The summed E-state index contributed by atoms with van der Waals surface area (Å²) in [6.07, 6.45) is 1.02. The van der Waals surface area contributed by atoms with Crippen LogP contribution >= 0.6 is 0 Å². The Balaban J connectivity index is 2.10. The smallest absolute Gasteiger partial charge is 0.282 e. The number of benzene rings is 2. The van der Waals surface area contributed by atoms with Gasteiger partial charge < -0.3 is 10.6 Å². The van der Waals surface area contributed by atoms with Crippen LogP contribution in [0.4, 0.5) is 5.69 Å². The summed E-state index contributed by atoms with van der Waals surface area (Å²) >= 11 is 0. The fourth-order valence-electron chi connectivity index (χ4n) is 3.03. The van der Waals surface area contributed by atoms with Crippen molar-refractivity contribution in [3.05, 3.63) is 65.2 Å². The number of nitrogens with one attached hydrogen (secondary N) is 1. The minimum atomic E-state index is -0.264. The van der Waals surface area contributed by atoms with Crippen molar-refractivity contribution in [2.45, 2.75) is 46.2 Å². The van der Waals surface area contributed by atoms with Gasteiger partial charge in [-0.1, -0.05) is 57.2 Å². The van der Waals surface area contributed by atoms with Crippen molar-refractivity contribution >= 4 is 11.6 Å². The van der Waals surface area contributed by atoms with E-state index in [2.05, 4.69) is 61.7 Å². The van der Waals surface area contributed by atoms with Crippen molar-refractivity contribution in [1.82, 2.24) is 0 Å². The Hall–Kier alpha value is -2.64. The molecular formula is C22H28N3O+. The molecule has 0 saturated carbocycles. The van der Waals surface area contributed by atoms with Gasteiger partial charge in [0.15, 0.2) is 6.04 Å². The summed E-state index contributed by atoms with van der Waals surface area (Å²) in [6.45, 7) is 8.39. The van der Waals surface area contributed by atoms with Crippen molar-refractivity contribution in [3.8, 4) is 6.07 Å². The van der Waals surface area contributed by atoms with Gasteiger partial charge in [-0.2, -0.15) is 5.26 Å². The van der Waals surface area contributed by atoms with Gasteiger partial charge in [-0.15, -0.1) is 0 Å². The van der Waals surface area contributed by atoms with E-state index in [1.807, 2.05) is 13.0 Å². The van der Waals surface area contributed by atoms with Crippen LogP contribution < -0.4 is 10.6 Å². The molecule has 0 radical (unpaired) electrons. The summed E-state index contributed by atoms with van der Waals surface area (Å²) in [7, 11) is 0. The van der Waals surface area contributed by atoms with E-state index in [9.17, 15) is 10.1 Å². The normalized spacial score (nSPS) is 13.1. The van der Waals surface area contributed by atoms with E-state index in [1.54, 1.807) is 18.2 Å². The maximum atomic E-state index is 12.6. The molecule has 0 aromatic heterocycles. The van der Waals surface area contributed by atoms with Gasteiger partial charge in [-0.3, -0.25) is 4.79 Å². The monoisotopic (exact) mass is 350 g/mol. The van der Waals surface area contributed by atoms with E-state index >= 15 is 0 Å². The lowest BCUT2D eigenvalue weighted by molar-refractivity contribution is -0.718. The number of hydrogen-bond acceptors (Lipinski definition) is 2. The van der Waals surface area contributed by atoms with Gasteiger partial charge in [0.2, 0.25) is 0 Å². The number of rotatable bonds is 7. The maximum absolute atomic E-state index is 12.6. The Bertz CT molecular complexity index is 775. The summed E-state index contributed by atoms with van der Waals surface area (Å²) < 4.78 is 0. The second kappa shape index (κ2) is 9.17. The molecule has 4 heteroatoms. The first-order valence-electron chi connectivity index (χ1n) is 9.20. The van der Waals surface area contributed by atoms with Crippen LogP contribution in [0.2, 0.25) is 0 Å². The molecule has 4 nitrogen and oxygen atoms in total. The molecule has 0 aliphatic rings. The van der Waals surface area contributed by atoms with Crippen molar-refractivity contribution < 1.29 is 10.1 Å². The highest BCUT2D eigenvalue weighted by Crippen LogP contribution is 2.19. The first-order valence-corrected chi connectivity index (χ1v) is 9.20. The molecule has 2 rings (SSSR count). The third-order valence-corrected chi connectivity index (χ3v) is 4.71. The summed E-state index contributed by atoms with van der Waals surface area (Å²) in [6, 6.07) is 17.8. The van der Waals surface area contributed by atoms with Gasteiger partial charge in [-0.25, -0.2) is 0 Å². The first-order chi connectivity index (χ1) is 12.5. The highest BCUT2D eigenvalue weighted by Gasteiger charge is 2.26. The van der Waals surface area contributed by atoms with Gasteiger partial charge in [-0.05, 0) is 31.0 Å². The van der Waals surface area contributed by atoms with Gasteiger partial charge in [0, 0.05) is 11.5 Å². The van der Waals surface area contributed by atoms with Crippen LogP contribution in [0.25, 0.3) is 0 Å². The van der Waals surface area contributed by atoms with Crippen LogP contribution in [0.1, 0.15) is 50.4 Å². The predicted octanol–water partition coefficient (Wildman–Crippen LogP) is 3.41. The lowest BCUT2D eigenvalue weighted by atomic mass is 9.94. The highest BCUT2D eigenvalue weighted by molar-refractivity contribution is 5.94. The van der Waals surface area contributed by atoms with E-state index in [-0.39, 0.29) is 18.0 Å². The summed E-state index contributed by atoms with van der Waals surface area (Å²) in [5.41, 5.74) is 3.58. The minimum Gasteiger partial charge on any atom is -0.330 e. The number of para-hydroxylation sites is 1. The Labute approximate surface area is 156 Å². The summed E-state index contributed by atoms with van der Waals surface area (Å²) in [5, 5.41) is 14.2. The van der Waals surface area contributed by atoms with Gasteiger partial charge in [0.05, 0.1) is 11.3 Å². The van der Waals surface area contributed by atoms with Crippen molar-refractivity contribution in [3.63, 3.8) is 0 Å². The molecule has 0 spiro atoms. The second-order valence-corrected chi connectivity index (χ2v) is 6.99. The first kappa shape index (κ1) is 19.7. The number of quaternary nitrogens is 1. The van der Waals surface area contributed by atoms with Crippen molar-refractivity contribution in [1.29, 1.82) is 5.26 Å². The van der Waals surface area contributed by atoms with E-state index in [0.29, 0.717) is 17.2 Å². The number of anilines is 1. The molecule has 0 heterocycles. The number of nitrogens with two attached hydrogens (primary N) is 1. The number of carbonyl (C=O) groups excluding carboxylic acids is 1. The van der Waals surface area contributed by atoms with Crippen LogP contribution in [-0.4, -0.2) is 11.9 Å². The van der Waals surface area contributed by atoms with E-state index < -0.39 is 0 Å². The zero-order valence-corrected chi connectivity index (χ0v) is 16.0. The maximum Gasteiger partial charge on any atom is 0.282 e. The quantitative estimate of drug-likeness (QED) is 0.803.